The van der Waals surface area contributed by atoms with Gasteiger partial charge < -0.3 is 11.1 Å². The summed E-state index contributed by atoms with van der Waals surface area (Å²) < 4.78 is 2.06. The second kappa shape index (κ2) is 5.84. The highest BCUT2D eigenvalue weighted by Crippen LogP contribution is 2.27. The lowest BCUT2D eigenvalue weighted by atomic mass is 10.3. The van der Waals surface area contributed by atoms with Gasteiger partial charge in [-0.15, -0.1) is 11.3 Å². The molecule has 90 valence electrons. The van der Waals surface area contributed by atoms with Crippen LogP contribution in [-0.2, 0) is 6.42 Å². The summed E-state index contributed by atoms with van der Waals surface area (Å²) in [6, 6.07) is 4.19. The Morgan fingerprint density at radius 2 is 2.12 bits per heavy atom. The molecule has 0 atom stereocenters. The summed E-state index contributed by atoms with van der Waals surface area (Å²) in [7, 11) is 0. The first kappa shape index (κ1) is 12.9. The Morgan fingerprint density at radius 1 is 1.29 bits per heavy atom. The Labute approximate surface area is 121 Å². The van der Waals surface area contributed by atoms with Crippen LogP contribution in [0.2, 0.25) is 0 Å². The van der Waals surface area contributed by atoms with E-state index in [0.29, 0.717) is 5.69 Å². The van der Waals surface area contributed by atoms with Crippen molar-refractivity contribution in [2.45, 2.75) is 6.42 Å². The van der Waals surface area contributed by atoms with E-state index in [1.807, 2.05) is 0 Å². The van der Waals surface area contributed by atoms with E-state index in [0.717, 1.165) is 26.9 Å². The molecule has 0 radical (unpaired) electrons. The third-order valence-corrected chi connectivity index (χ3v) is 4.52. The molecule has 2 rings (SSSR count). The Morgan fingerprint density at radius 3 is 2.76 bits per heavy atom. The molecule has 0 aromatic carbocycles. The monoisotopic (exact) mass is 375 g/mol. The lowest BCUT2D eigenvalue weighted by Gasteiger charge is -2.09. The maximum Gasteiger partial charge on any atom is 0.0750 e. The summed E-state index contributed by atoms with van der Waals surface area (Å²) in [6.45, 7) is 0.847. The number of hydrogen-bond acceptors (Lipinski definition) is 4. The van der Waals surface area contributed by atoms with Crippen LogP contribution < -0.4 is 11.1 Å². The van der Waals surface area contributed by atoms with Gasteiger partial charge in [0.1, 0.15) is 0 Å². The van der Waals surface area contributed by atoms with Crippen LogP contribution in [-0.4, -0.2) is 11.5 Å². The zero-order valence-electron chi connectivity index (χ0n) is 8.91. The average Bonchev–Trinajstić information content (AvgIpc) is 2.69. The van der Waals surface area contributed by atoms with Gasteiger partial charge in [0.2, 0.25) is 0 Å². The van der Waals surface area contributed by atoms with Crippen LogP contribution in [0.4, 0.5) is 11.4 Å². The van der Waals surface area contributed by atoms with Gasteiger partial charge in [-0.05, 0) is 50.4 Å². The summed E-state index contributed by atoms with van der Waals surface area (Å²) >= 11 is 8.63. The van der Waals surface area contributed by atoms with Gasteiger partial charge in [0, 0.05) is 17.6 Å². The molecule has 2 aromatic heterocycles. The lowest BCUT2D eigenvalue weighted by Crippen LogP contribution is -2.07. The summed E-state index contributed by atoms with van der Waals surface area (Å²) in [5.41, 5.74) is 7.42. The number of aromatic nitrogens is 1. The molecule has 0 aliphatic carbocycles. The van der Waals surface area contributed by atoms with Gasteiger partial charge in [-0.25, -0.2) is 0 Å². The molecule has 0 saturated carbocycles. The predicted molar refractivity (Wildman–Crippen MR) is 80.6 cm³/mol. The molecule has 0 bridgehead atoms. The Bertz CT molecular complexity index is 493. The first-order chi connectivity index (χ1) is 8.16. The molecule has 3 nitrogen and oxygen atoms in total. The van der Waals surface area contributed by atoms with Gasteiger partial charge >= 0.3 is 0 Å². The summed E-state index contributed by atoms with van der Waals surface area (Å²) in [5.74, 6) is 0. The highest BCUT2D eigenvalue weighted by molar-refractivity contribution is 9.11. The maximum atomic E-state index is 5.85. The normalized spacial score (nSPS) is 10.5. The number of rotatable bonds is 4. The Kier molecular flexibility index (Phi) is 4.42. The SMILES string of the molecule is Nc1cncc(Br)c1NCCc1ccc(Br)s1. The zero-order valence-corrected chi connectivity index (χ0v) is 12.9. The summed E-state index contributed by atoms with van der Waals surface area (Å²) in [6.07, 6.45) is 4.36. The number of thiophene rings is 1. The number of anilines is 2. The standard InChI is InChI=1S/C11H11Br2N3S/c12-8-5-15-6-9(14)11(8)16-4-3-7-1-2-10(13)17-7/h1-2,5-6H,3-4,14H2,(H,15,16). The van der Waals surface area contributed by atoms with E-state index in [-0.39, 0.29) is 0 Å². The molecule has 0 aliphatic heterocycles. The number of pyridine rings is 1. The summed E-state index contributed by atoms with van der Waals surface area (Å²) in [5, 5.41) is 3.32. The van der Waals surface area contributed by atoms with Crippen LogP contribution in [0.3, 0.4) is 0 Å². The highest BCUT2D eigenvalue weighted by Gasteiger charge is 2.04. The first-order valence-electron chi connectivity index (χ1n) is 5.04. The molecule has 0 spiro atoms. The second-order valence-electron chi connectivity index (χ2n) is 3.47. The number of halogens is 2. The quantitative estimate of drug-likeness (QED) is 0.850. The topological polar surface area (TPSA) is 50.9 Å². The molecule has 0 unspecified atom stereocenters. The van der Waals surface area contributed by atoms with Crippen LogP contribution in [0.25, 0.3) is 0 Å². The van der Waals surface area contributed by atoms with Crippen molar-refractivity contribution in [1.82, 2.24) is 4.98 Å². The molecule has 0 amide bonds. The molecule has 0 saturated heterocycles. The molecule has 2 heterocycles. The van der Waals surface area contributed by atoms with Crippen molar-refractivity contribution in [2.24, 2.45) is 0 Å². The number of hydrogen-bond donors (Lipinski definition) is 2. The largest absolute Gasteiger partial charge is 0.396 e. The molecule has 17 heavy (non-hydrogen) atoms. The van der Waals surface area contributed by atoms with Crippen LogP contribution in [0.15, 0.2) is 32.8 Å². The maximum absolute atomic E-state index is 5.85. The van der Waals surface area contributed by atoms with Crippen LogP contribution in [0.5, 0.6) is 0 Å². The van der Waals surface area contributed by atoms with E-state index in [1.54, 1.807) is 23.7 Å². The number of nitrogens with two attached hydrogens (primary N) is 1. The number of nitrogens with one attached hydrogen (secondary N) is 1. The van der Waals surface area contributed by atoms with Gasteiger partial charge in [0.25, 0.3) is 0 Å². The van der Waals surface area contributed by atoms with Crippen molar-refractivity contribution in [1.29, 1.82) is 0 Å². The molecular weight excluding hydrogens is 366 g/mol. The van der Waals surface area contributed by atoms with E-state index >= 15 is 0 Å². The minimum atomic E-state index is 0.659. The van der Waals surface area contributed by atoms with E-state index in [9.17, 15) is 0 Å². The van der Waals surface area contributed by atoms with Gasteiger partial charge in [-0.3, -0.25) is 4.98 Å². The van der Waals surface area contributed by atoms with Crippen LogP contribution in [0, 0.1) is 0 Å². The van der Waals surface area contributed by atoms with E-state index < -0.39 is 0 Å². The van der Waals surface area contributed by atoms with Crippen molar-refractivity contribution >= 4 is 54.6 Å². The zero-order chi connectivity index (χ0) is 12.3. The van der Waals surface area contributed by atoms with Gasteiger partial charge in [-0.2, -0.15) is 0 Å². The molecular formula is C11H11Br2N3S. The minimum absolute atomic E-state index is 0.659. The van der Waals surface area contributed by atoms with Crippen LogP contribution in [0.1, 0.15) is 4.88 Å². The number of nitrogen functional groups attached to an aromatic ring is 1. The van der Waals surface area contributed by atoms with Crippen molar-refractivity contribution in [3.8, 4) is 0 Å². The second-order valence-corrected chi connectivity index (χ2v) is 6.87. The van der Waals surface area contributed by atoms with Gasteiger partial charge in [-0.1, -0.05) is 0 Å². The van der Waals surface area contributed by atoms with Crippen molar-refractivity contribution in [3.05, 3.63) is 37.7 Å². The fraction of sp³-hybridized carbons (Fsp3) is 0.182. The third-order valence-electron chi connectivity index (χ3n) is 2.23. The molecule has 6 heteroatoms. The fourth-order valence-electron chi connectivity index (χ4n) is 1.43. The molecule has 0 fully saturated rings. The molecule has 2 aromatic rings. The minimum Gasteiger partial charge on any atom is -0.396 e. The first-order valence-corrected chi connectivity index (χ1v) is 7.44. The Balaban J connectivity index is 1.94. The van der Waals surface area contributed by atoms with E-state index in [2.05, 4.69) is 54.3 Å². The highest BCUT2D eigenvalue weighted by atomic mass is 79.9. The fourth-order valence-corrected chi connectivity index (χ4v) is 3.40. The Hall–Kier alpha value is -0.590. The predicted octanol–water partition coefficient (Wildman–Crippen LogP) is 3.90. The van der Waals surface area contributed by atoms with Crippen molar-refractivity contribution in [3.63, 3.8) is 0 Å². The van der Waals surface area contributed by atoms with Gasteiger partial charge in [0.15, 0.2) is 0 Å². The van der Waals surface area contributed by atoms with Crippen molar-refractivity contribution < 1.29 is 0 Å². The average molecular weight is 377 g/mol. The molecule has 0 aliphatic rings. The van der Waals surface area contributed by atoms with E-state index in [1.165, 1.54) is 4.88 Å². The molecule has 3 N–H and O–H groups in total. The smallest absolute Gasteiger partial charge is 0.0750 e. The lowest BCUT2D eigenvalue weighted by molar-refractivity contribution is 1.04. The van der Waals surface area contributed by atoms with Gasteiger partial charge in [0.05, 0.1) is 25.8 Å². The third kappa shape index (κ3) is 3.43. The summed E-state index contributed by atoms with van der Waals surface area (Å²) in [4.78, 5) is 5.34. The van der Waals surface area contributed by atoms with E-state index in [4.69, 9.17) is 5.73 Å². The van der Waals surface area contributed by atoms with Crippen LogP contribution >= 0.6 is 43.2 Å². The number of nitrogens with zero attached hydrogens (tertiary/aromatic N) is 1. The van der Waals surface area contributed by atoms with Crippen molar-refractivity contribution in [2.75, 3.05) is 17.6 Å².